The van der Waals surface area contributed by atoms with E-state index in [0.717, 1.165) is 24.5 Å². The number of nitrogens with zero attached hydrogens (tertiary/aromatic N) is 2. The van der Waals surface area contributed by atoms with Crippen LogP contribution in [0.5, 0.6) is 0 Å². The number of carbonyl (C=O) groups excluding carboxylic acids is 2. The van der Waals surface area contributed by atoms with E-state index in [0.29, 0.717) is 26.2 Å². The molecule has 0 aromatic heterocycles. The summed E-state index contributed by atoms with van der Waals surface area (Å²) < 4.78 is 28.5. The number of ether oxygens (including phenoxy) is 1. The second-order valence-corrected chi connectivity index (χ2v) is 9.86. The number of morpholine rings is 1. The van der Waals surface area contributed by atoms with Crippen molar-refractivity contribution in [3.05, 3.63) is 24.3 Å². The summed E-state index contributed by atoms with van der Waals surface area (Å²) in [6.45, 7) is 5.37. The van der Waals surface area contributed by atoms with E-state index >= 15 is 0 Å². The summed E-state index contributed by atoms with van der Waals surface area (Å²) in [5, 5.41) is 5.72. The van der Waals surface area contributed by atoms with E-state index in [1.54, 1.807) is 4.90 Å². The van der Waals surface area contributed by atoms with Gasteiger partial charge in [0.2, 0.25) is 11.8 Å². The average molecular weight is 439 g/mol. The Morgan fingerprint density at radius 1 is 1.17 bits per heavy atom. The topological polar surface area (TPSA) is 108 Å². The van der Waals surface area contributed by atoms with Gasteiger partial charge in [0.05, 0.1) is 49.2 Å². The highest BCUT2D eigenvalue weighted by atomic mass is 32.2. The molecule has 2 fully saturated rings. The minimum atomic E-state index is -3.05. The number of anilines is 2. The quantitative estimate of drug-likeness (QED) is 0.592. The van der Waals surface area contributed by atoms with Crippen LogP contribution in [0.4, 0.5) is 11.4 Å². The zero-order valence-corrected chi connectivity index (χ0v) is 18.1. The van der Waals surface area contributed by atoms with Gasteiger partial charge in [-0.05, 0) is 25.1 Å². The minimum Gasteiger partial charge on any atom is -0.378 e. The molecule has 0 saturated carbocycles. The average Bonchev–Trinajstić information content (AvgIpc) is 3.06. The summed E-state index contributed by atoms with van der Waals surface area (Å²) in [5.74, 6) is -0.362. The summed E-state index contributed by atoms with van der Waals surface area (Å²) in [6, 6.07) is 7.32. The largest absolute Gasteiger partial charge is 0.378 e. The Morgan fingerprint density at radius 2 is 1.87 bits per heavy atom. The smallest absolute Gasteiger partial charge is 0.238 e. The molecular weight excluding hydrogens is 408 g/mol. The van der Waals surface area contributed by atoms with Gasteiger partial charge >= 0.3 is 0 Å². The van der Waals surface area contributed by atoms with E-state index in [9.17, 15) is 18.0 Å². The lowest BCUT2D eigenvalue weighted by atomic mass is 10.2. The highest BCUT2D eigenvalue weighted by Gasteiger charge is 2.29. The molecule has 166 valence electrons. The maximum absolute atomic E-state index is 12.6. The molecule has 1 aromatic rings. The normalized spacial score (nSPS) is 20.9. The molecule has 2 heterocycles. The second kappa shape index (κ2) is 10.2. The molecule has 0 bridgehead atoms. The van der Waals surface area contributed by atoms with Gasteiger partial charge in [-0.2, -0.15) is 0 Å². The molecule has 1 aromatic carbocycles. The summed E-state index contributed by atoms with van der Waals surface area (Å²) in [7, 11) is -3.05. The number of hydrogen-bond acceptors (Lipinski definition) is 7. The molecule has 2 aliphatic heterocycles. The van der Waals surface area contributed by atoms with E-state index in [1.165, 1.54) is 0 Å². The Bertz CT molecular complexity index is 855. The zero-order valence-electron chi connectivity index (χ0n) is 17.3. The number of benzene rings is 1. The monoisotopic (exact) mass is 438 g/mol. The molecular formula is C20H30N4O5S. The van der Waals surface area contributed by atoms with Crippen LogP contribution >= 0.6 is 0 Å². The molecule has 2 amide bonds. The molecule has 10 heteroatoms. The summed E-state index contributed by atoms with van der Waals surface area (Å²) >= 11 is 0. The van der Waals surface area contributed by atoms with Gasteiger partial charge in [0.25, 0.3) is 0 Å². The Balaban J connectivity index is 1.52. The lowest BCUT2D eigenvalue weighted by Crippen LogP contribution is -2.44. The van der Waals surface area contributed by atoms with Gasteiger partial charge in [0.15, 0.2) is 9.84 Å². The Morgan fingerprint density at radius 3 is 2.53 bits per heavy atom. The minimum absolute atomic E-state index is 0.0102. The molecule has 9 nitrogen and oxygen atoms in total. The number of rotatable bonds is 8. The molecule has 3 rings (SSSR count). The van der Waals surface area contributed by atoms with Crippen molar-refractivity contribution in [2.45, 2.75) is 19.4 Å². The first-order valence-electron chi connectivity index (χ1n) is 10.3. The van der Waals surface area contributed by atoms with Crippen LogP contribution in [0, 0.1) is 0 Å². The Hall–Kier alpha value is -2.17. The van der Waals surface area contributed by atoms with Gasteiger partial charge in [0.1, 0.15) is 0 Å². The maximum Gasteiger partial charge on any atom is 0.238 e. The van der Waals surface area contributed by atoms with E-state index in [2.05, 4.69) is 15.5 Å². The third-order valence-electron chi connectivity index (χ3n) is 5.31. The fourth-order valence-corrected chi connectivity index (χ4v) is 5.39. The van der Waals surface area contributed by atoms with Crippen LogP contribution < -0.4 is 15.5 Å². The third kappa shape index (κ3) is 6.41. The second-order valence-electron chi connectivity index (χ2n) is 7.64. The number of amides is 2. The van der Waals surface area contributed by atoms with Crippen molar-refractivity contribution in [1.29, 1.82) is 0 Å². The number of carbonyl (C=O) groups is 2. The maximum atomic E-state index is 12.6. The van der Waals surface area contributed by atoms with Crippen LogP contribution in [0.15, 0.2) is 24.3 Å². The van der Waals surface area contributed by atoms with Crippen LogP contribution in [0.3, 0.4) is 0 Å². The molecule has 2 N–H and O–H groups in total. The van der Waals surface area contributed by atoms with Crippen LogP contribution in [-0.2, 0) is 24.2 Å². The SMILES string of the molecule is CCN(CC(=O)Nc1ccccc1N1CCOCC1)CC(=O)NC1CCS(=O)(=O)C1. The predicted molar refractivity (Wildman–Crippen MR) is 115 cm³/mol. The zero-order chi connectivity index (χ0) is 21.6. The molecule has 0 radical (unpaired) electrons. The van der Waals surface area contributed by atoms with Crippen molar-refractivity contribution in [3.8, 4) is 0 Å². The number of nitrogens with one attached hydrogen (secondary N) is 2. The fourth-order valence-electron chi connectivity index (χ4n) is 3.72. The molecule has 2 aliphatic rings. The van der Waals surface area contributed by atoms with E-state index in [-0.39, 0.29) is 42.5 Å². The molecule has 30 heavy (non-hydrogen) atoms. The third-order valence-corrected chi connectivity index (χ3v) is 7.08. The number of hydrogen-bond donors (Lipinski definition) is 2. The van der Waals surface area contributed by atoms with Crippen LogP contribution in [0.25, 0.3) is 0 Å². The van der Waals surface area contributed by atoms with Gasteiger partial charge in [-0.25, -0.2) is 8.42 Å². The van der Waals surface area contributed by atoms with Crippen molar-refractivity contribution in [3.63, 3.8) is 0 Å². The molecule has 2 saturated heterocycles. The number of para-hydroxylation sites is 2. The predicted octanol–water partition coefficient (Wildman–Crippen LogP) is 0.0869. The molecule has 1 unspecified atom stereocenters. The van der Waals surface area contributed by atoms with Gasteiger partial charge in [-0.3, -0.25) is 14.5 Å². The van der Waals surface area contributed by atoms with Gasteiger partial charge in [-0.1, -0.05) is 19.1 Å². The van der Waals surface area contributed by atoms with Crippen molar-refractivity contribution in [2.75, 3.05) is 67.7 Å². The highest BCUT2D eigenvalue weighted by molar-refractivity contribution is 7.91. The lowest BCUT2D eigenvalue weighted by Gasteiger charge is -2.30. The molecule has 0 aliphatic carbocycles. The molecule has 0 spiro atoms. The Kier molecular flexibility index (Phi) is 7.68. The summed E-state index contributed by atoms with van der Waals surface area (Å²) in [4.78, 5) is 28.8. The van der Waals surface area contributed by atoms with Crippen LogP contribution in [-0.4, -0.2) is 88.6 Å². The first-order valence-corrected chi connectivity index (χ1v) is 12.1. The summed E-state index contributed by atoms with van der Waals surface area (Å²) in [6.07, 6.45) is 0.443. The van der Waals surface area contributed by atoms with Gasteiger partial charge in [-0.15, -0.1) is 0 Å². The van der Waals surface area contributed by atoms with Crippen molar-refractivity contribution < 1.29 is 22.7 Å². The van der Waals surface area contributed by atoms with Crippen molar-refractivity contribution in [1.82, 2.24) is 10.2 Å². The first-order chi connectivity index (χ1) is 14.4. The highest BCUT2D eigenvalue weighted by Crippen LogP contribution is 2.26. The van der Waals surface area contributed by atoms with Crippen LogP contribution in [0.2, 0.25) is 0 Å². The fraction of sp³-hybridized carbons (Fsp3) is 0.600. The Labute approximate surface area is 177 Å². The first kappa shape index (κ1) is 22.5. The molecule has 1 atom stereocenters. The standard InChI is InChI=1S/C20H30N4O5S/c1-2-23(13-19(25)21-16-7-12-30(27,28)15-16)14-20(26)22-17-5-3-4-6-18(17)24-8-10-29-11-9-24/h3-6,16H,2,7-15H2,1H3,(H,21,25)(H,22,26). The van der Waals surface area contributed by atoms with E-state index in [1.807, 2.05) is 31.2 Å². The number of sulfone groups is 1. The van der Waals surface area contributed by atoms with Crippen molar-refractivity contribution >= 4 is 33.0 Å². The lowest BCUT2D eigenvalue weighted by molar-refractivity contribution is -0.123. The summed E-state index contributed by atoms with van der Waals surface area (Å²) in [5.41, 5.74) is 1.69. The van der Waals surface area contributed by atoms with Gasteiger partial charge < -0.3 is 20.3 Å². The van der Waals surface area contributed by atoms with Gasteiger partial charge in [0, 0.05) is 19.1 Å². The van der Waals surface area contributed by atoms with Crippen LogP contribution in [0.1, 0.15) is 13.3 Å². The van der Waals surface area contributed by atoms with Crippen molar-refractivity contribution in [2.24, 2.45) is 0 Å². The van der Waals surface area contributed by atoms with E-state index in [4.69, 9.17) is 4.74 Å². The van der Waals surface area contributed by atoms with E-state index < -0.39 is 9.84 Å². The number of likely N-dealkylation sites (N-methyl/N-ethyl adjacent to an activating group) is 1.